The van der Waals surface area contributed by atoms with Gasteiger partial charge in [-0.3, -0.25) is 4.79 Å². The monoisotopic (exact) mass is 196 g/mol. The largest absolute Gasteiger partial charge is 0.390 e. The smallest absolute Gasteiger partial charge is 0.155 e. The quantitative estimate of drug-likeness (QED) is 0.750. The summed E-state index contributed by atoms with van der Waals surface area (Å²) in [5.74, 6) is 0.804. The summed E-state index contributed by atoms with van der Waals surface area (Å²) in [4.78, 5) is 10.9. The topological polar surface area (TPSA) is 37.3 Å². The van der Waals surface area contributed by atoms with Crippen molar-refractivity contribution in [1.82, 2.24) is 0 Å². The molecule has 0 bridgehead atoms. The molecule has 0 aromatic carbocycles. The molecule has 2 heteroatoms. The number of hydrogen-bond donors (Lipinski definition) is 1. The predicted octanol–water partition coefficient (Wildman–Crippen LogP) is 2.46. The highest BCUT2D eigenvalue weighted by Crippen LogP contribution is 2.22. The summed E-state index contributed by atoms with van der Waals surface area (Å²) in [6.45, 7) is 3.68. The van der Waals surface area contributed by atoms with E-state index in [1.165, 1.54) is 0 Å². The first-order valence-corrected chi connectivity index (χ1v) is 5.41. The summed E-state index contributed by atoms with van der Waals surface area (Å²) in [6, 6.07) is 0. The van der Waals surface area contributed by atoms with Crippen LogP contribution in [0.25, 0.3) is 0 Å². The van der Waals surface area contributed by atoms with Crippen LogP contribution in [-0.2, 0) is 4.79 Å². The summed E-state index contributed by atoms with van der Waals surface area (Å²) >= 11 is 0. The van der Waals surface area contributed by atoms with E-state index in [-0.39, 0.29) is 5.78 Å². The van der Waals surface area contributed by atoms with Gasteiger partial charge in [0, 0.05) is 6.42 Å². The summed E-state index contributed by atoms with van der Waals surface area (Å²) in [7, 11) is 0. The molecule has 0 aliphatic heterocycles. The number of allylic oxidation sites excluding steroid dienone is 2. The van der Waals surface area contributed by atoms with Crippen molar-refractivity contribution < 1.29 is 9.90 Å². The van der Waals surface area contributed by atoms with E-state index in [2.05, 4.69) is 0 Å². The number of carbonyl (C=O) groups is 1. The molecule has 0 spiro atoms. The number of rotatable bonds is 4. The van der Waals surface area contributed by atoms with Gasteiger partial charge in [-0.15, -0.1) is 0 Å². The molecule has 0 saturated heterocycles. The van der Waals surface area contributed by atoms with E-state index in [9.17, 15) is 9.90 Å². The molecule has 0 heterocycles. The van der Waals surface area contributed by atoms with E-state index in [0.29, 0.717) is 12.3 Å². The second kappa shape index (κ2) is 4.74. The lowest BCUT2D eigenvalue weighted by Crippen LogP contribution is -2.18. The SMILES string of the molecule is CC(C)(O)CCCC1C=CC(=O)CC1. The fraction of sp³-hybridized carbons (Fsp3) is 0.750. The van der Waals surface area contributed by atoms with E-state index >= 15 is 0 Å². The maximum Gasteiger partial charge on any atom is 0.155 e. The Bertz CT molecular complexity index is 223. The van der Waals surface area contributed by atoms with Crippen LogP contribution in [0.3, 0.4) is 0 Å². The molecule has 0 radical (unpaired) electrons. The van der Waals surface area contributed by atoms with Crippen molar-refractivity contribution in [2.75, 3.05) is 0 Å². The predicted molar refractivity (Wildman–Crippen MR) is 57.0 cm³/mol. The van der Waals surface area contributed by atoms with Crippen molar-refractivity contribution in [2.24, 2.45) is 5.92 Å². The van der Waals surface area contributed by atoms with Gasteiger partial charge in [-0.1, -0.05) is 12.5 Å². The Kier molecular flexibility index (Phi) is 3.87. The van der Waals surface area contributed by atoms with Gasteiger partial charge >= 0.3 is 0 Å². The summed E-state index contributed by atoms with van der Waals surface area (Å²) in [5.41, 5.74) is -0.547. The zero-order valence-corrected chi connectivity index (χ0v) is 9.12. The maximum atomic E-state index is 10.9. The molecule has 1 atom stereocenters. The van der Waals surface area contributed by atoms with Crippen LogP contribution in [0.2, 0.25) is 0 Å². The van der Waals surface area contributed by atoms with Crippen molar-refractivity contribution >= 4 is 5.78 Å². The van der Waals surface area contributed by atoms with Gasteiger partial charge in [0.05, 0.1) is 5.60 Å². The van der Waals surface area contributed by atoms with Crippen molar-refractivity contribution in [3.05, 3.63) is 12.2 Å². The van der Waals surface area contributed by atoms with Crippen molar-refractivity contribution in [2.45, 2.75) is 51.6 Å². The van der Waals surface area contributed by atoms with Gasteiger partial charge < -0.3 is 5.11 Å². The Balaban J connectivity index is 2.20. The van der Waals surface area contributed by atoms with Crippen LogP contribution >= 0.6 is 0 Å². The molecule has 0 aromatic heterocycles. The average Bonchev–Trinajstić information content (AvgIpc) is 2.06. The van der Waals surface area contributed by atoms with E-state index in [0.717, 1.165) is 25.7 Å². The third kappa shape index (κ3) is 4.56. The highest BCUT2D eigenvalue weighted by Gasteiger charge is 2.15. The van der Waals surface area contributed by atoms with Gasteiger partial charge in [0.25, 0.3) is 0 Å². The Labute approximate surface area is 86.0 Å². The van der Waals surface area contributed by atoms with E-state index < -0.39 is 5.60 Å². The van der Waals surface area contributed by atoms with Gasteiger partial charge in [-0.2, -0.15) is 0 Å². The van der Waals surface area contributed by atoms with Gasteiger partial charge in [0.2, 0.25) is 0 Å². The summed E-state index contributed by atoms with van der Waals surface area (Å²) in [6.07, 6.45) is 8.38. The number of carbonyl (C=O) groups excluding carboxylic acids is 1. The summed E-state index contributed by atoms with van der Waals surface area (Å²) < 4.78 is 0. The van der Waals surface area contributed by atoms with E-state index in [1.54, 1.807) is 6.08 Å². The van der Waals surface area contributed by atoms with Gasteiger partial charge in [-0.25, -0.2) is 0 Å². The Morgan fingerprint density at radius 3 is 2.79 bits per heavy atom. The molecule has 1 rings (SSSR count). The van der Waals surface area contributed by atoms with Crippen LogP contribution in [0.1, 0.15) is 46.0 Å². The molecule has 1 N–H and O–H groups in total. The molecule has 0 aromatic rings. The third-order valence-electron chi connectivity index (χ3n) is 2.68. The minimum Gasteiger partial charge on any atom is -0.390 e. The van der Waals surface area contributed by atoms with Crippen LogP contribution in [0, 0.1) is 5.92 Å². The first kappa shape index (κ1) is 11.4. The highest BCUT2D eigenvalue weighted by molar-refractivity contribution is 5.90. The maximum absolute atomic E-state index is 10.9. The lowest BCUT2D eigenvalue weighted by molar-refractivity contribution is -0.115. The normalized spacial score (nSPS) is 22.8. The van der Waals surface area contributed by atoms with Crippen molar-refractivity contribution in [3.63, 3.8) is 0 Å². The Morgan fingerprint density at radius 1 is 1.57 bits per heavy atom. The average molecular weight is 196 g/mol. The molecule has 1 unspecified atom stereocenters. The molecule has 1 aliphatic carbocycles. The second-order valence-corrected chi connectivity index (χ2v) is 4.83. The van der Waals surface area contributed by atoms with Gasteiger partial charge in [0.1, 0.15) is 0 Å². The molecule has 0 amide bonds. The standard InChI is InChI=1S/C12H20O2/c1-12(2,14)9-3-4-10-5-7-11(13)8-6-10/h5,7,10,14H,3-4,6,8-9H2,1-2H3. The van der Waals surface area contributed by atoms with Crippen LogP contribution in [0.5, 0.6) is 0 Å². The molecule has 0 fully saturated rings. The zero-order chi connectivity index (χ0) is 10.6. The lowest BCUT2D eigenvalue weighted by Gasteiger charge is -2.19. The molecule has 2 nitrogen and oxygen atoms in total. The number of ketones is 1. The molecule has 80 valence electrons. The molecule has 14 heavy (non-hydrogen) atoms. The highest BCUT2D eigenvalue weighted by atomic mass is 16.3. The molecular weight excluding hydrogens is 176 g/mol. The lowest BCUT2D eigenvalue weighted by atomic mass is 9.89. The zero-order valence-electron chi connectivity index (χ0n) is 9.12. The number of aliphatic hydroxyl groups is 1. The Morgan fingerprint density at radius 2 is 2.29 bits per heavy atom. The Hall–Kier alpha value is -0.630. The fourth-order valence-electron chi connectivity index (χ4n) is 1.79. The van der Waals surface area contributed by atoms with Gasteiger partial charge in [0.15, 0.2) is 5.78 Å². The van der Waals surface area contributed by atoms with Crippen molar-refractivity contribution in [1.29, 1.82) is 0 Å². The van der Waals surface area contributed by atoms with Crippen LogP contribution < -0.4 is 0 Å². The molecule has 1 aliphatic rings. The van der Waals surface area contributed by atoms with Gasteiger partial charge in [-0.05, 0) is 45.1 Å². The summed E-state index contributed by atoms with van der Waals surface area (Å²) in [5, 5.41) is 9.52. The molecular formula is C12H20O2. The first-order chi connectivity index (χ1) is 6.47. The minimum atomic E-state index is -0.547. The fourth-order valence-corrected chi connectivity index (χ4v) is 1.79. The van der Waals surface area contributed by atoms with Crippen molar-refractivity contribution in [3.8, 4) is 0 Å². The second-order valence-electron chi connectivity index (χ2n) is 4.83. The van der Waals surface area contributed by atoms with Crippen LogP contribution in [0.15, 0.2) is 12.2 Å². The van der Waals surface area contributed by atoms with Crippen LogP contribution in [-0.4, -0.2) is 16.5 Å². The third-order valence-corrected chi connectivity index (χ3v) is 2.68. The van der Waals surface area contributed by atoms with E-state index in [1.807, 2.05) is 19.9 Å². The first-order valence-electron chi connectivity index (χ1n) is 5.41. The van der Waals surface area contributed by atoms with E-state index in [4.69, 9.17) is 0 Å². The molecule has 0 saturated carbocycles. The van der Waals surface area contributed by atoms with Crippen LogP contribution in [0.4, 0.5) is 0 Å². The minimum absolute atomic E-state index is 0.253. The number of hydrogen-bond acceptors (Lipinski definition) is 2.